The van der Waals surface area contributed by atoms with Crippen molar-refractivity contribution in [1.29, 1.82) is 0 Å². The Hall–Kier alpha value is -1.23. The van der Waals surface area contributed by atoms with Gasteiger partial charge in [0.15, 0.2) is 5.11 Å². The molecule has 0 amide bonds. The van der Waals surface area contributed by atoms with Crippen LogP contribution in [-0.4, -0.2) is 21.1 Å². The molecule has 1 aliphatic carbocycles. The van der Waals surface area contributed by atoms with Gasteiger partial charge in [0.25, 0.3) is 0 Å². The van der Waals surface area contributed by atoms with Gasteiger partial charge in [0.05, 0.1) is 0 Å². The average molecular weight is 236 g/mol. The number of nitrogens with one attached hydrogen (secondary N) is 2. The molecule has 1 aliphatic rings. The molecular formula is C11H16N4S. The Balaban J connectivity index is 1.80. The fourth-order valence-electron chi connectivity index (χ4n) is 1.93. The third-order valence-electron chi connectivity index (χ3n) is 2.73. The molecule has 2 N–H and O–H groups in total. The molecule has 0 atom stereocenters. The zero-order chi connectivity index (χ0) is 11.2. The SMILES string of the molecule is S=C(Nc1ncccn1)NC1CCCCC1. The number of aromatic nitrogens is 2. The van der Waals surface area contributed by atoms with E-state index in [0.717, 1.165) is 0 Å². The maximum atomic E-state index is 5.21. The minimum absolute atomic E-state index is 0.512. The van der Waals surface area contributed by atoms with E-state index in [1.807, 2.05) is 0 Å². The topological polar surface area (TPSA) is 49.8 Å². The van der Waals surface area contributed by atoms with Crippen LogP contribution in [0, 0.1) is 0 Å². The number of hydrogen-bond acceptors (Lipinski definition) is 3. The normalized spacial score (nSPS) is 16.8. The lowest BCUT2D eigenvalue weighted by Crippen LogP contribution is -2.39. The van der Waals surface area contributed by atoms with Crippen molar-refractivity contribution in [3.05, 3.63) is 18.5 Å². The quantitative estimate of drug-likeness (QED) is 0.770. The van der Waals surface area contributed by atoms with Crippen molar-refractivity contribution in [1.82, 2.24) is 15.3 Å². The lowest BCUT2D eigenvalue weighted by molar-refractivity contribution is 0.414. The summed E-state index contributed by atoms with van der Waals surface area (Å²) in [6, 6.07) is 2.29. The van der Waals surface area contributed by atoms with Gasteiger partial charge in [-0.25, -0.2) is 9.97 Å². The summed E-state index contributed by atoms with van der Waals surface area (Å²) in [6.07, 6.45) is 9.73. The number of rotatable bonds is 2. The summed E-state index contributed by atoms with van der Waals surface area (Å²) in [5, 5.41) is 6.92. The van der Waals surface area contributed by atoms with E-state index in [9.17, 15) is 0 Å². The van der Waals surface area contributed by atoms with Gasteiger partial charge in [0.2, 0.25) is 5.95 Å². The van der Waals surface area contributed by atoms with Crippen LogP contribution < -0.4 is 10.6 Å². The lowest BCUT2D eigenvalue weighted by Gasteiger charge is -2.23. The van der Waals surface area contributed by atoms with Crippen LogP contribution >= 0.6 is 12.2 Å². The van der Waals surface area contributed by atoms with Gasteiger partial charge in [-0.15, -0.1) is 0 Å². The molecule has 0 bridgehead atoms. The predicted molar refractivity (Wildman–Crippen MR) is 68.3 cm³/mol. The summed E-state index contributed by atoms with van der Waals surface area (Å²) < 4.78 is 0. The Kier molecular flexibility index (Phi) is 4.04. The minimum atomic E-state index is 0.512. The van der Waals surface area contributed by atoms with Crippen molar-refractivity contribution in [3.8, 4) is 0 Å². The lowest BCUT2D eigenvalue weighted by atomic mass is 9.96. The highest BCUT2D eigenvalue weighted by Gasteiger charge is 2.13. The van der Waals surface area contributed by atoms with Crippen molar-refractivity contribution in [2.75, 3.05) is 5.32 Å². The molecule has 0 radical (unpaired) electrons. The van der Waals surface area contributed by atoms with Crippen LogP contribution in [0.4, 0.5) is 5.95 Å². The summed E-state index contributed by atoms with van der Waals surface area (Å²) in [7, 11) is 0. The van der Waals surface area contributed by atoms with Crippen molar-refractivity contribution >= 4 is 23.3 Å². The van der Waals surface area contributed by atoms with Crippen LogP contribution in [0.3, 0.4) is 0 Å². The second-order valence-corrected chi connectivity index (χ2v) is 4.41. The van der Waals surface area contributed by atoms with E-state index < -0.39 is 0 Å². The Labute approximate surface area is 101 Å². The van der Waals surface area contributed by atoms with Crippen molar-refractivity contribution in [2.45, 2.75) is 38.1 Å². The van der Waals surface area contributed by atoms with E-state index in [2.05, 4.69) is 20.6 Å². The molecule has 5 heteroatoms. The van der Waals surface area contributed by atoms with Gasteiger partial charge in [-0.2, -0.15) is 0 Å². The molecule has 1 aromatic rings. The van der Waals surface area contributed by atoms with Gasteiger partial charge < -0.3 is 10.6 Å². The van der Waals surface area contributed by atoms with Gasteiger partial charge in [0, 0.05) is 18.4 Å². The van der Waals surface area contributed by atoms with E-state index in [4.69, 9.17) is 12.2 Å². The van der Waals surface area contributed by atoms with E-state index in [1.165, 1.54) is 32.1 Å². The maximum Gasteiger partial charge on any atom is 0.228 e. The number of nitrogens with zero attached hydrogens (tertiary/aromatic N) is 2. The molecule has 86 valence electrons. The first-order valence-electron chi connectivity index (χ1n) is 5.69. The molecule has 2 rings (SSSR count). The maximum absolute atomic E-state index is 5.21. The first-order valence-corrected chi connectivity index (χ1v) is 6.10. The largest absolute Gasteiger partial charge is 0.360 e. The summed E-state index contributed by atoms with van der Waals surface area (Å²) in [5.74, 6) is 0.552. The summed E-state index contributed by atoms with van der Waals surface area (Å²) in [4.78, 5) is 8.12. The zero-order valence-corrected chi connectivity index (χ0v) is 9.96. The van der Waals surface area contributed by atoms with Crippen molar-refractivity contribution < 1.29 is 0 Å². The van der Waals surface area contributed by atoms with E-state index in [0.29, 0.717) is 17.1 Å². The summed E-state index contributed by atoms with van der Waals surface area (Å²) in [5.41, 5.74) is 0. The predicted octanol–water partition coefficient (Wildman–Crippen LogP) is 2.10. The van der Waals surface area contributed by atoms with Gasteiger partial charge in [0.1, 0.15) is 0 Å². The zero-order valence-electron chi connectivity index (χ0n) is 9.15. The van der Waals surface area contributed by atoms with Crippen molar-refractivity contribution in [3.63, 3.8) is 0 Å². The fourth-order valence-corrected chi connectivity index (χ4v) is 2.19. The van der Waals surface area contributed by atoms with E-state index >= 15 is 0 Å². The summed E-state index contributed by atoms with van der Waals surface area (Å²) in [6.45, 7) is 0. The fraction of sp³-hybridized carbons (Fsp3) is 0.545. The number of thiocarbonyl (C=S) groups is 1. The number of anilines is 1. The standard InChI is InChI=1S/C11H16N4S/c16-11(14-9-5-2-1-3-6-9)15-10-12-7-4-8-13-10/h4,7-9H,1-3,5-6H2,(H2,12,13,14,15,16). The highest BCUT2D eigenvalue weighted by molar-refractivity contribution is 7.80. The van der Waals surface area contributed by atoms with E-state index in [1.54, 1.807) is 18.5 Å². The first-order chi connectivity index (χ1) is 7.84. The smallest absolute Gasteiger partial charge is 0.228 e. The summed E-state index contributed by atoms with van der Waals surface area (Å²) >= 11 is 5.21. The first kappa shape index (κ1) is 11.3. The molecule has 0 saturated heterocycles. The molecule has 1 aromatic heterocycles. The molecule has 1 heterocycles. The molecule has 4 nitrogen and oxygen atoms in total. The second-order valence-electron chi connectivity index (χ2n) is 4.01. The Bertz CT molecular complexity index is 335. The monoisotopic (exact) mass is 236 g/mol. The minimum Gasteiger partial charge on any atom is -0.360 e. The van der Waals surface area contributed by atoms with Crippen LogP contribution in [0.15, 0.2) is 18.5 Å². The van der Waals surface area contributed by atoms with Crippen LogP contribution in [-0.2, 0) is 0 Å². The molecule has 0 aliphatic heterocycles. The van der Waals surface area contributed by atoms with Crippen LogP contribution in [0.25, 0.3) is 0 Å². The Morgan fingerprint density at radius 3 is 2.56 bits per heavy atom. The third-order valence-corrected chi connectivity index (χ3v) is 2.95. The van der Waals surface area contributed by atoms with Crippen molar-refractivity contribution in [2.24, 2.45) is 0 Å². The van der Waals surface area contributed by atoms with Crippen LogP contribution in [0.1, 0.15) is 32.1 Å². The Morgan fingerprint density at radius 2 is 1.88 bits per heavy atom. The van der Waals surface area contributed by atoms with Gasteiger partial charge in [-0.1, -0.05) is 19.3 Å². The van der Waals surface area contributed by atoms with Gasteiger partial charge >= 0.3 is 0 Å². The molecule has 0 aromatic carbocycles. The third kappa shape index (κ3) is 3.41. The molecule has 1 saturated carbocycles. The molecule has 0 unspecified atom stereocenters. The molecule has 1 fully saturated rings. The second kappa shape index (κ2) is 5.75. The molecule has 0 spiro atoms. The van der Waals surface area contributed by atoms with Gasteiger partial charge in [-0.05, 0) is 31.1 Å². The molecule has 16 heavy (non-hydrogen) atoms. The van der Waals surface area contributed by atoms with E-state index in [-0.39, 0.29) is 0 Å². The van der Waals surface area contributed by atoms with Crippen LogP contribution in [0.5, 0.6) is 0 Å². The number of hydrogen-bond donors (Lipinski definition) is 2. The van der Waals surface area contributed by atoms with Crippen LogP contribution in [0.2, 0.25) is 0 Å². The average Bonchev–Trinajstić information content (AvgIpc) is 2.31. The molecular weight excluding hydrogens is 220 g/mol. The Morgan fingerprint density at radius 1 is 1.19 bits per heavy atom. The highest BCUT2D eigenvalue weighted by atomic mass is 32.1. The van der Waals surface area contributed by atoms with Gasteiger partial charge in [-0.3, -0.25) is 0 Å². The highest BCUT2D eigenvalue weighted by Crippen LogP contribution is 2.17.